The third-order valence-electron chi connectivity index (χ3n) is 7.02. The Balaban J connectivity index is 0.000000238. The quantitative estimate of drug-likeness (QED) is 0.374. The van der Waals surface area contributed by atoms with Crippen molar-refractivity contribution >= 4 is 46.7 Å². The lowest BCUT2D eigenvalue weighted by molar-refractivity contribution is -0.142. The van der Waals surface area contributed by atoms with Crippen LogP contribution in [-0.4, -0.2) is 63.1 Å². The van der Waals surface area contributed by atoms with Gasteiger partial charge in [0.15, 0.2) is 0 Å². The smallest absolute Gasteiger partial charge is 0.308 e. The largest absolute Gasteiger partial charge is 0.481 e. The number of piperidine rings is 2. The highest BCUT2D eigenvalue weighted by molar-refractivity contribution is 6.28. The number of anilines is 2. The fraction of sp³-hybridized carbons (Fsp3) is 0.448. The number of halogens is 2. The number of carboxylic acid groups (broad SMARTS) is 1. The summed E-state index contributed by atoms with van der Waals surface area (Å²) in [5.41, 5.74) is 2.33. The Kier molecular flexibility index (Phi) is 12.1. The van der Waals surface area contributed by atoms with Gasteiger partial charge in [0, 0.05) is 45.1 Å². The number of rotatable bonds is 6. The molecule has 41 heavy (non-hydrogen) atoms. The second kappa shape index (κ2) is 15.5. The first-order chi connectivity index (χ1) is 19.3. The Hall–Kier alpha value is -3.50. The van der Waals surface area contributed by atoms with E-state index in [1.165, 1.54) is 5.56 Å². The second-order valence-electron chi connectivity index (χ2n) is 9.98. The van der Waals surface area contributed by atoms with Gasteiger partial charge in [-0.3, -0.25) is 9.59 Å². The average molecular weight is 603 g/mol. The van der Waals surface area contributed by atoms with E-state index in [0.29, 0.717) is 25.5 Å². The summed E-state index contributed by atoms with van der Waals surface area (Å²) in [6.07, 6.45) is 6.67. The molecule has 5 rings (SSSR count). The highest BCUT2D eigenvalue weighted by Crippen LogP contribution is 2.23. The van der Waals surface area contributed by atoms with E-state index in [9.17, 15) is 9.59 Å². The molecule has 2 N–H and O–H groups in total. The summed E-state index contributed by atoms with van der Waals surface area (Å²) in [4.78, 5) is 43.5. The predicted octanol–water partition coefficient (Wildman–Crippen LogP) is 5.04. The Morgan fingerprint density at radius 1 is 0.878 bits per heavy atom. The molecule has 0 bridgehead atoms. The number of nitrogens with one attached hydrogen (secondary N) is 1. The summed E-state index contributed by atoms with van der Waals surface area (Å²) in [6.45, 7) is 5.47. The summed E-state index contributed by atoms with van der Waals surface area (Å²) in [7, 11) is 0. The van der Waals surface area contributed by atoms with Gasteiger partial charge in [-0.25, -0.2) is 19.9 Å². The lowest BCUT2D eigenvalue weighted by Crippen LogP contribution is -2.43. The standard InChI is InChI=1S/C18H21ClN4O.C10H12ClN3O2.CH4/c1-13-4-6-14(7-5-13)11-21-17(24)15-3-2-10-23(12-15)16-8-9-20-18(19)22-16;11-10-12-4-3-8(13-10)14-5-1-2-7(6-14)9(15)16;/h4-9,15H,2-3,10-12H2,1H3,(H,21,24);3-4,7H,1-2,5-6H2,(H,15,16);1H4/t15-;7-;/m11./s1. The maximum atomic E-state index is 12.5. The third-order valence-corrected chi connectivity index (χ3v) is 7.39. The number of carboxylic acids is 1. The van der Waals surface area contributed by atoms with Crippen LogP contribution in [0.25, 0.3) is 0 Å². The molecule has 3 aromatic rings. The fourth-order valence-corrected chi connectivity index (χ4v) is 5.12. The van der Waals surface area contributed by atoms with Crippen molar-refractivity contribution in [3.63, 3.8) is 0 Å². The molecule has 2 atom stereocenters. The zero-order valence-electron chi connectivity index (χ0n) is 22.3. The van der Waals surface area contributed by atoms with Gasteiger partial charge in [-0.1, -0.05) is 37.3 Å². The maximum absolute atomic E-state index is 12.5. The highest BCUT2D eigenvalue weighted by Gasteiger charge is 2.27. The van der Waals surface area contributed by atoms with Crippen molar-refractivity contribution in [3.05, 3.63) is 70.5 Å². The van der Waals surface area contributed by atoms with Crippen molar-refractivity contribution < 1.29 is 14.7 Å². The second-order valence-corrected chi connectivity index (χ2v) is 10.7. The Morgan fingerprint density at radius 2 is 1.39 bits per heavy atom. The Morgan fingerprint density at radius 3 is 1.90 bits per heavy atom. The van der Waals surface area contributed by atoms with Crippen molar-refractivity contribution in [1.82, 2.24) is 25.3 Å². The molecule has 2 aliphatic heterocycles. The number of nitrogens with zero attached hydrogens (tertiary/aromatic N) is 6. The molecule has 2 aliphatic rings. The van der Waals surface area contributed by atoms with Crippen LogP contribution in [0.2, 0.25) is 10.6 Å². The van der Waals surface area contributed by atoms with Crippen LogP contribution in [0.15, 0.2) is 48.8 Å². The molecule has 0 unspecified atom stereocenters. The van der Waals surface area contributed by atoms with Crippen LogP contribution < -0.4 is 15.1 Å². The van der Waals surface area contributed by atoms with Gasteiger partial charge in [0.25, 0.3) is 0 Å². The van der Waals surface area contributed by atoms with Gasteiger partial charge in [0.05, 0.1) is 11.8 Å². The molecule has 0 saturated carbocycles. The van der Waals surface area contributed by atoms with Gasteiger partial charge >= 0.3 is 5.97 Å². The Bertz CT molecular complexity index is 1300. The zero-order valence-corrected chi connectivity index (χ0v) is 23.9. The molecular formula is C29H37Cl2N7O3. The number of hydrogen-bond acceptors (Lipinski definition) is 8. The maximum Gasteiger partial charge on any atom is 0.308 e. The number of carbonyl (C=O) groups excluding carboxylic acids is 1. The van der Waals surface area contributed by atoms with Crippen LogP contribution in [0.3, 0.4) is 0 Å². The number of aromatic nitrogens is 4. The number of hydrogen-bond donors (Lipinski definition) is 2. The van der Waals surface area contributed by atoms with Crippen molar-refractivity contribution in [1.29, 1.82) is 0 Å². The van der Waals surface area contributed by atoms with E-state index in [-0.39, 0.29) is 35.7 Å². The number of benzene rings is 1. The normalized spacial score (nSPS) is 18.4. The minimum Gasteiger partial charge on any atom is -0.481 e. The van der Waals surface area contributed by atoms with Crippen molar-refractivity contribution in [2.75, 3.05) is 36.0 Å². The van der Waals surface area contributed by atoms with E-state index in [1.807, 2.05) is 23.1 Å². The summed E-state index contributed by atoms with van der Waals surface area (Å²) in [5, 5.41) is 12.4. The van der Waals surface area contributed by atoms with Gasteiger partial charge in [-0.15, -0.1) is 0 Å². The van der Waals surface area contributed by atoms with Crippen LogP contribution in [0.4, 0.5) is 11.6 Å². The molecule has 0 radical (unpaired) electrons. The SMILES string of the molecule is C.Cc1ccc(CNC(=O)[C@@H]2CCCN(c3ccnc(Cl)n3)C2)cc1.O=C(O)[C@@H]1CCCN(c2ccnc(Cl)n2)C1. The lowest BCUT2D eigenvalue weighted by atomic mass is 9.97. The molecule has 1 amide bonds. The fourth-order valence-electron chi connectivity index (χ4n) is 4.83. The molecule has 1 aromatic carbocycles. The van der Waals surface area contributed by atoms with Crippen molar-refractivity contribution in [2.24, 2.45) is 11.8 Å². The molecule has 2 fully saturated rings. The first-order valence-electron chi connectivity index (χ1n) is 13.3. The molecule has 4 heterocycles. The van der Waals surface area contributed by atoms with E-state index >= 15 is 0 Å². The van der Waals surface area contributed by atoms with E-state index in [0.717, 1.165) is 50.2 Å². The molecule has 2 aromatic heterocycles. The van der Waals surface area contributed by atoms with E-state index < -0.39 is 5.97 Å². The average Bonchev–Trinajstić information content (AvgIpc) is 2.97. The summed E-state index contributed by atoms with van der Waals surface area (Å²) in [6, 6.07) is 11.8. The number of aliphatic carboxylic acids is 1. The summed E-state index contributed by atoms with van der Waals surface area (Å²) < 4.78 is 0. The Labute approximate surface area is 251 Å². The number of carbonyl (C=O) groups is 2. The summed E-state index contributed by atoms with van der Waals surface area (Å²) >= 11 is 11.6. The molecule has 12 heteroatoms. The van der Waals surface area contributed by atoms with Crippen LogP contribution in [-0.2, 0) is 16.1 Å². The first kappa shape index (κ1) is 32.0. The van der Waals surface area contributed by atoms with Gasteiger partial charge in [-0.2, -0.15) is 0 Å². The third kappa shape index (κ3) is 9.54. The molecule has 0 spiro atoms. The lowest BCUT2D eigenvalue weighted by Gasteiger charge is -2.32. The zero-order chi connectivity index (χ0) is 28.5. The van der Waals surface area contributed by atoms with E-state index in [1.54, 1.807) is 18.5 Å². The van der Waals surface area contributed by atoms with E-state index in [4.69, 9.17) is 28.3 Å². The molecular weight excluding hydrogens is 565 g/mol. The number of amides is 1. The van der Waals surface area contributed by atoms with Crippen molar-refractivity contribution in [2.45, 2.75) is 46.6 Å². The van der Waals surface area contributed by atoms with E-state index in [2.05, 4.69) is 49.2 Å². The number of aryl methyl sites for hydroxylation is 1. The van der Waals surface area contributed by atoms with Crippen LogP contribution >= 0.6 is 23.2 Å². The minimum atomic E-state index is -0.746. The monoisotopic (exact) mass is 601 g/mol. The van der Waals surface area contributed by atoms with Gasteiger partial charge in [-0.05, 0) is 73.5 Å². The highest BCUT2D eigenvalue weighted by atomic mass is 35.5. The van der Waals surface area contributed by atoms with Gasteiger partial charge in [0.2, 0.25) is 16.5 Å². The molecule has 10 nitrogen and oxygen atoms in total. The van der Waals surface area contributed by atoms with Crippen LogP contribution in [0, 0.1) is 18.8 Å². The van der Waals surface area contributed by atoms with Gasteiger partial charge < -0.3 is 20.2 Å². The molecule has 2 saturated heterocycles. The van der Waals surface area contributed by atoms with Crippen molar-refractivity contribution in [3.8, 4) is 0 Å². The summed E-state index contributed by atoms with van der Waals surface area (Å²) in [5.74, 6) is 0.489. The topological polar surface area (TPSA) is 124 Å². The van der Waals surface area contributed by atoms with Gasteiger partial charge in [0.1, 0.15) is 11.6 Å². The predicted molar refractivity (Wildman–Crippen MR) is 161 cm³/mol. The first-order valence-corrected chi connectivity index (χ1v) is 14.1. The minimum absolute atomic E-state index is 0. The molecule has 220 valence electrons. The molecule has 0 aliphatic carbocycles. The van der Waals surface area contributed by atoms with Crippen LogP contribution in [0.5, 0.6) is 0 Å². The van der Waals surface area contributed by atoms with Crippen LogP contribution in [0.1, 0.15) is 44.2 Å².